The molecule has 0 spiro atoms. The number of hydrogen-bond donors (Lipinski definition) is 0. The molecule has 2 saturated heterocycles. The minimum atomic E-state index is -3.60. The van der Waals surface area contributed by atoms with Crippen molar-refractivity contribution in [2.24, 2.45) is 0 Å². The summed E-state index contributed by atoms with van der Waals surface area (Å²) in [5.74, 6) is 1.60. The number of sulfonamides is 1. The van der Waals surface area contributed by atoms with E-state index in [-0.39, 0.29) is 9.92 Å². The molecule has 10 heteroatoms. The molecule has 2 aromatic rings. The van der Waals surface area contributed by atoms with Gasteiger partial charge in [-0.3, -0.25) is 0 Å². The van der Waals surface area contributed by atoms with Crippen LogP contribution in [0.3, 0.4) is 0 Å². The van der Waals surface area contributed by atoms with Gasteiger partial charge in [-0.15, -0.1) is 10.2 Å². The molecule has 0 N–H and O–H groups in total. The van der Waals surface area contributed by atoms with Crippen LogP contribution in [0.5, 0.6) is 0 Å². The number of anilines is 2. The van der Waals surface area contributed by atoms with E-state index in [1.165, 1.54) is 4.31 Å². The van der Waals surface area contributed by atoms with E-state index in [2.05, 4.69) is 20.0 Å². The number of benzene rings is 1. The summed E-state index contributed by atoms with van der Waals surface area (Å²) in [5, 5.41) is 8.92. The Labute approximate surface area is 169 Å². The molecule has 0 unspecified atom stereocenters. The summed E-state index contributed by atoms with van der Waals surface area (Å²) in [5.41, 5.74) is 0. The van der Waals surface area contributed by atoms with E-state index in [1.54, 1.807) is 24.3 Å². The van der Waals surface area contributed by atoms with Crippen LogP contribution in [0.25, 0.3) is 0 Å². The van der Waals surface area contributed by atoms with Crippen LogP contribution < -0.4 is 9.80 Å². The lowest BCUT2D eigenvalue weighted by Crippen LogP contribution is -2.49. The monoisotopic (exact) mass is 423 g/mol. The zero-order chi connectivity index (χ0) is 19.6. The molecule has 1 aromatic heterocycles. The van der Waals surface area contributed by atoms with E-state index in [4.69, 9.17) is 16.3 Å². The first-order valence-electron chi connectivity index (χ1n) is 9.22. The van der Waals surface area contributed by atoms with Crippen LogP contribution in [0.4, 0.5) is 11.6 Å². The van der Waals surface area contributed by atoms with Gasteiger partial charge in [0.25, 0.3) is 0 Å². The third-order valence-corrected chi connectivity index (χ3v) is 7.39. The maximum atomic E-state index is 12.9. The van der Waals surface area contributed by atoms with Gasteiger partial charge in [-0.05, 0) is 24.3 Å². The first kappa shape index (κ1) is 19.4. The van der Waals surface area contributed by atoms with Crippen molar-refractivity contribution in [2.75, 3.05) is 62.3 Å². The van der Waals surface area contributed by atoms with Crippen molar-refractivity contribution >= 4 is 33.3 Å². The highest BCUT2D eigenvalue weighted by molar-refractivity contribution is 7.89. The van der Waals surface area contributed by atoms with E-state index in [0.29, 0.717) is 39.4 Å². The van der Waals surface area contributed by atoms with Gasteiger partial charge in [0.05, 0.1) is 18.2 Å². The smallest absolute Gasteiger partial charge is 0.244 e. The molecule has 2 fully saturated rings. The zero-order valence-corrected chi connectivity index (χ0v) is 16.9. The van der Waals surface area contributed by atoms with Crippen molar-refractivity contribution in [1.29, 1.82) is 0 Å². The Kier molecular flexibility index (Phi) is 5.68. The van der Waals surface area contributed by atoms with Crippen LogP contribution in [-0.4, -0.2) is 75.4 Å². The third kappa shape index (κ3) is 3.93. The minimum Gasteiger partial charge on any atom is -0.378 e. The number of rotatable bonds is 4. The second-order valence-electron chi connectivity index (χ2n) is 6.67. The summed E-state index contributed by atoms with van der Waals surface area (Å²) in [7, 11) is -3.60. The highest BCUT2D eigenvalue weighted by atomic mass is 35.5. The van der Waals surface area contributed by atoms with Crippen LogP contribution in [-0.2, 0) is 14.8 Å². The molecule has 2 aliphatic heterocycles. The van der Waals surface area contributed by atoms with Gasteiger partial charge in [-0.1, -0.05) is 23.7 Å². The van der Waals surface area contributed by atoms with Gasteiger partial charge in [0.2, 0.25) is 10.0 Å². The topological polar surface area (TPSA) is 78.9 Å². The Bertz CT molecular complexity index is 911. The van der Waals surface area contributed by atoms with Crippen molar-refractivity contribution < 1.29 is 13.2 Å². The molecule has 0 radical (unpaired) electrons. The lowest BCUT2D eigenvalue weighted by molar-refractivity contribution is 0.122. The van der Waals surface area contributed by atoms with Crippen molar-refractivity contribution in [3.05, 3.63) is 41.4 Å². The fourth-order valence-electron chi connectivity index (χ4n) is 3.40. The molecule has 28 heavy (non-hydrogen) atoms. The molecular formula is C18H22ClN5O3S. The van der Waals surface area contributed by atoms with Gasteiger partial charge >= 0.3 is 0 Å². The average Bonchev–Trinajstić information content (AvgIpc) is 2.75. The molecule has 0 atom stereocenters. The van der Waals surface area contributed by atoms with E-state index in [9.17, 15) is 8.42 Å². The predicted octanol–water partition coefficient (Wildman–Crippen LogP) is 1.48. The SMILES string of the molecule is O=S(=O)(c1ccccc1Cl)N1CCN(c2ccc(N3CCOCC3)nn2)CC1. The van der Waals surface area contributed by atoms with E-state index in [0.717, 1.165) is 24.7 Å². The van der Waals surface area contributed by atoms with Crippen molar-refractivity contribution in [2.45, 2.75) is 4.90 Å². The van der Waals surface area contributed by atoms with Gasteiger partial charge in [0, 0.05) is 39.3 Å². The lowest BCUT2D eigenvalue weighted by Gasteiger charge is -2.34. The van der Waals surface area contributed by atoms with E-state index in [1.807, 2.05) is 12.1 Å². The Balaban J connectivity index is 1.41. The summed E-state index contributed by atoms with van der Waals surface area (Å²) >= 11 is 6.09. The number of morpholine rings is 1. The van der Waals surface area contributed by atoms with Crippen LogP contribution in [0.2, 0.25) is 5.02 Å². The second-order valence-corrected chi connectivity index (χ2v) is 8.98. The Morgan fingerprint density at radius 2 is 1.39 bits per heavy atom. The molecule has 3 heterocycles. The van der Waals surface area contributed by atoms with Gasteiger partial charge in [0.1, 0.15) is 4.90 Å². The summed E-state index contributed by atoms with van der Waals surface area (Å²) in [4.78, 5) is 4.35. The maximum Gasteiger partial charge on any atom is 0.244 e. The maximum absolute atomic E-state index is 12.9. The van der Waals surface area contributed by atoms with Gasteiger partial charge in [0.15, 0.2) is 11.6 Å². The zero-order valence-electron chi connectivity index (χ0n) is 15.4. The molecule has 2 aliphatic rings. The molecule has 4 rings (SSSR count). The van der Waals surface area contributed by atoms with Gasteiger partial charge < -0.3 is 14.5 Å². The number of aromatic nitrogens is 2. The van der Waals surface area contributed by atoms with E-state index >= 15 is 0 Å². The predicted molar refractivity (Wildman–Crippen MR) is 107 cm³/mol. The average molecular weight is 424 g/mol. The van der Waals surface area contributed by atoms with Crippen LogP contribution >= 0.6 is 11.6 Å². The molecule has 0 aliphatic carbocycles. The Hall–Kier alpha value is -1.94. The van der Waals surface area contributed by atoms with Crippen molar-refractivity contribution in [1.82, 2.24) is 14.5 Å². The quantitative estimate of drug-likeness (QED) is 0.736. The molecule has 150 valence electrons. The number of piperazine rings is 1. The minimum absolute atomic E-state index is 0.153. The summed E-state index contributed by atoms with van der Waals surface area (Å²) in [6, 6.07) is 10.4. The summed E-state index contributed by atoms with van der Waals surface area (Å²) in [6.07, 6.45) is 0. The van der Waals surface area contributed by atoms with Gasteiger partial charge in [-0.2, -0.15) is 4.31 Å². The first-order chi connectivity index (χ1) is 13.6. The fourth-order valence-corrected chi connectivity index (χ4v) is 5.31. The molecule has 0 bridgehead atoms. The molecular weight excluding hydrogens is 402 g/mol. The number of hydrogen-bond acceptors (Lipinski definition) is 7. The summed E-state index contributed by atoms with van der Waals surface area (Å²) in [6.45, 7) is 4.88. The largest absolute Gasteiger partial charge is 0.378 e. The van der Waals surface area contributed by atoms with Crippen LogP contribution in [0.15, 0.2) is 41.3 Å². The van der Waals surface area contributed by atoms with Crippen molar-refractivity contribution in [3.8, 4) is 0 Å². The molecule has 0 saturated carbocycles. The third-order valence-electron chi connectivity index (χ3n) is 4.99. The molecule has 8 nitrogen and oxygen atoms in total. The van der Waals surface area contributed by atoms with Crippen LogP contribution in [0, 0.1) is 0 Å². The Morgan fingerprint density at radius 1 is 0.821 bits per heavy atom. The lowest BCUT2D eigenvalue weighted by atomic mass is 10.3. The van der Waals surface area contributed by atoms with Crippen molar-refractivity contribution in [3.63, 3.8) is 0 Å². The fraction of sp³-hybridized carbons (Fsp3) is 0.444. The summed E-state index contributed by atoms with van der Waals surface area (Å²) < 4.78 is 32.5. The highest BCUT2D eigenvalue weighted by Gasteiger charge is 2.30. The number of ether oxygens (including phenoxy) is 1. The second kappa shape index (κ2) is 8.20. The molecule has 0 amide bonds. The number of halogens is 1. The first-order valence-corrected chi connectivity index (χ1v) is 11.0. The normalized spacial score (nSPS) is 19.0. The highest BCUT2D eigenvalue weighted by Crippen LogP contribution is 2.26. The van der Waals surface area contributed by atoms with Gasteiger partial charge in [-0.25, -0.2) is 8.42 Å². The van der Waals surface area contributed by atoms with E-state index < -0.39 is 10.0 Å². The standard InChI is InChI=1S/C18H22ClN5O3S/c19-15-3-1-2-4-16(15)28(25,26)24-9-7-22(8-10-24)17-5-6-18(21-20-17)23-11-13-27-14-12-23/h1-6H,7-14H2. The Morgan fingerprint density at radius 3 is 1.96 bits per heavy atom. The molecule has 1 aromatic carbocycles. The number of nitrogens with zero attached hydrogens (tertiary/aromatic N) is 5. The van der Waals surface area contributed by atoms with Crippen LogP contribution in [0.1, 0.15) is 0 Å².